The zero-order chi connectivity index (χ0) is 16.9. The van der Waals surface area contributed by atoms with Gasteiger partial charge in [-0.2, -0.15) is 0 Å². The number of hydrogen-bond acceptors (Lipinski definition) is 5. The van der Waals surface area contributed by atoms with E-state index in [0.717, 1.165) is 13.0 Å². The maximum absolute atomic E-state index is 11.9. The molecular weight excluding hydrogens is 294 g/mol. The summed E-state index contributed by atoms with van der Waals surface area (Å²) >= 11 is 0. The highest BCUT2D eigenvalue weighted by Gasteiger charge is 2.08. The van der Waals surface area contributed by atoms with Gasteiger partial charge in [0.2, 0.25) is 0 Å². The second-order valence-electron chi connectivity index (χ2n) is 5.68. The van der Waals surface area contributed by atoms with Gasteiger partial charge in [-0.25, -0.2) is 0 Å². The summed E-state index contributed by atoms with van der Waals surface area (Å²) in [6.45, 7) is 4.37. The van der Waals surface area contributed by atoms with Gasteiger partial charge in [0.1, 0.15) is 0 Å². The molecule has 1 rings (SSSR count). The van der Waals surface area contributed by atoms with E-state index in [9.17, 15) is 15.0 Å². The van der Waals surface area contributed by atoms with E-state index in [0.29, 0.717) is 18.7 Å². The van der Waals surface area contributed by atoms with Crippen LogP contribution in [0.25, 0.3) is 0 Å². The molecule has 0 amide bonds. The smallest absolute Gasteiger partial charge is 0.176 e. The van der Waals surface area contributed by atoms with E-state index in [1.807, 2.05) is 0 Å². The van der Waals surface area contributed by atoms with E-state index in [1.54, 1.807) is 0 Å². The predicted octanol–water partition coefficient (Wildman–Crippen LogP) is 3.25. The third kappa shape index (κ3) is 8.57. The van der Waals surface area contributed by atoms with Crippen molar-refractivity contribution in [3.8, 4) is 11.5 Å². The van der Waals surface area contributed by atoms with E-state index in [4.69, 9.17) is 4.74 Å². The normalized spacial score (nSPS) is 10.8. The van der Waals surface area contributed by atoms with Crippen molar-refractivity contribution >= 4 is 5.78 Å². The van der Waals surface area contributed by atoms with Gasteiger partial charge in [-0.1, -0.05) is 39.0 Å². The number of carbonyl (C=O) groups excluding carboxylic acids is 1. The molecule has 0 bridgehead atoms. The number of Topliss-reactive ketones (excluding diaryl/α,β-unsaturated/α-hetero) is 1. The first-order valence-corrected chi connectivity index (χ1v) is 8.48. The Hall–Kier alpha value is -1.59. The van der Waals surface area contributed by atoms with E-state index < -0.39 is 0 Å². The van der Waals surface area contributed by atoms with Gasteiger partial charge in [-0.3, -0.25) is 4.79 Å². The molecule has 0 saturated heterocycles. The molecule has 130 valence electrons. The lowest BCUT2D eigenvalue weighted by Crippen LogP contribution is -2.26. The predicted molar refractivity (Wildman–Crippen MR) is 91.2 cm³/mol. The van der Waals surface area contributed by atoms with Crippen molar-refractivity contribution in [2.45, 2.75) is 45.4 Å². The summed E-state index contributed by atoms with van der Waals surface area (Å²) in [4.78, 5) is 11.9. The molecule has 0 atom stereocenters. The summed E-state index contributed by atoms with van der Waals surface area (Å²) in [5.74, 6) is -0.632. The topological polar surface area (TPSA) is 78.8 Å². The number of ketones is 1. The first-order chi connectivity index (χ1) is 11.1. The van der Waals surface area contributed by atoms with Gasteiger partial charge in [-0.15, -0.1) is 0 Å². The van der Waals surface area contributed by atoms with Crippen LogP contribution in [0, 0.1) is 0 Å². The monoisotopic (exact) mass is 323 g/mol. The fourth-order valence-electron chi connectivity index (χ4n) is 2.23. The molecule has 5 heteroatoms. The van der Waals surface area contributed by atoms with Gasteiger partial charge < -0.3 is 20.3 Å². The minimum absolute atomic E-state index is 0.128. The Morgan fingerprint density at radius 3 is 2.52 bits per heavy atom. The number of unbranched alkanes of at least 4 members (excludes halogenated alkanes) is 5. The van der Waals surface area contributed by atoms with Gasteiger partial charge in [0.05, 0.1) is 13.2 Å². The first-order valence-electron chi connectivity index (χ1n) is 8.48. The number of phenolic OH excluding ortho intramolecular Hbond substituents is 2. The van der Waals surface area contributed by atoms with E-state index >= 15 is 0 Å². The summed E-state index contributed by atoms with van der Waals surface area (Å²) < 4.78 is 5.52. The van der Waals surface area contributed by atoms with Crippen molar-refractivity contribution in [3.05, 3.63) is 23.8 Å². The van der Waals surface area contributed by atoms with Crippen LogP contribution in [0.15, 0.2) is 18.2 Å². The second-order valence-corrected chi connectivity index (χ2v) is 5.68. The van der Waals surface area contributed by atoms with Crippen molar-refractivity contribution in [3.63, 3.8) is 0 Å². The lowest BCUT2D eigenvalue weighted by Gasteiger charge is -2.07. The Kier molecular flexibility index (Phi) is 10.1. The molecule has 0 unspecified atom stereocenters. The molecule has 0 aliphatic carbocycles. The van der Waals surface area contributed by atoms with Crippen LogP contribution in [0.3, 0.4) is 0 Å². The highest BCUT2D eigenvalue weighted by molar-refractivity contribution is 5.98. The number of carbonyl (C=O) groups is 1. The zero-order valence-electron chi connectivity index (χ0n) is 14.0. The molecule has 0 aliphatic rings. The molecule has 0 aromatic heterocycles. The maximum Gasteiger partial charge on any atom is 0.176 e. The summed E-state index contributed by atoms with van der Waals surface area (Å²) in [7, 11) is 0. The zero-order valence-corrected chi connectivity index (χ0v) is 14.0. The molecule has 3 N–H and O–H groups in total. The number of benzene rings is 1. The fraction of sp³-hybridized carbons (Fsp3) is 0.611. The summed E-state index contributed by atoms with van der Waals surface area (Å²) in [6.07, 6.45) is 7.49. The van der Waals surface area contributed by atoms with Gasteiger partial charge >= 0.3 is 0 Å². The van der Waals surface area contributed by atoms with Crippen molar-refractivity contribution in [2.24, 2.45) is 0 Å². The first kappa shape index (κ1) is 19.5. The Morgan fingerprint density at radius 2 is 1.78 bits per heavy atom. The summed E-state index contributed by atoms with van der Waals surface area (Å²) in [6, 6.07) is 4.08. The molecule has 0 fully saturated rings. The van der Waals surface area contributed by atoms with Crippen LogP contribution in [0.2, 0.25) is 0 Å². The lowest BCUT2D eigenvalue weighted by atomic mass is 10.1. The molecule has 0 saturated carbocycles. The summed E-state index contributed by atoms with van der Waals surface area (Å²) in [5.41, 5.74) is 0.376. The van der Waals surface area contributed by atoms with E-state index in [2.05, 4.69) is 12.2 Å². The van der Waals surface area contributed by atoms with Crippen LogP contribution < -0.4 is 5.32 Å². The van der Waals surface area contributed by atoms with Crippen molar-refractivity contribution in [1.29, 1.82) is 0 Å². The quantitative estimate of drug-likeness (QED) is 0.295. The van der Waals surface area contributed by atoms with Crippen LogP contribution >= 0.6 is 0 Å². The molecule has 0 aliphatic heterocycles. The van der Waals surface area contributed by atoms with Crippen LogP contribution in [-0.4, -0.2) is 42.3 Å². The number of rotatable bonds is 13. The van der Waals surface area contributed by atoms with Crippen LogP contribution in [-0.2, 0) is 4.74 Å². The molecule has 0 heterocycles. The minimum Gasteiger partial charge on any atom is -0.504 e. The second kappa shape index (κ2) is 11.9. The van der Waals surface area contributed by atoms with Crippen LogP contribution in [0.4, 0.5) is 0 Å². The number of hydrogen-bond donors (Lipinski definition) is 3. The molecule has 1 aromatic carbocycles. The third-order valence-electron chi connectivity index (χ3n) is 3.65. The van der Waals surface area contributed by atoms with E-state index in [-0.39, 0.29) is 23.8 Å². The van der Waals surface area contributed by atoms with Crippen LogP contribution in [0.5, 0.6) is 11.5 Å². The van der Waals surface area contributed by atoms with Crippen molar-refractivity contribution < 1.29 is 19.7 Å². The molecule has 5 nitrogen and oxygen atoms in total. The molecule has 23 heavy (non-hydrogen) atoms. The Morgan fingerprint density at radius 1 is 1.04 bits per heavy atom. The average molecular weight is 323 g/mol. The number of aromatic hydroxyl groups is 2. The van der Waals surface area contributed by atoms with Crippen molar-refractivity contribution in [2.75, 3.05) is 26.3 Å². The Labute approximate surface area is 138 Å². The Balaban J connectivity index is 2.00. The number of phenols is 2. The largest absolute Gasteiger partial charge is 0.504 e. The fourth-order valence-corrected chi connectivity index (χ4v) is 2.23. The molecular formula is C18H29NO4. The highest BCUT2D eigenvalue weighted by Crippen LogP contribution is 2.24. The molecule has 0 spiro atoms. The SMILES string of the molecule is CCCCCCCCOCCNCC(=O)c1ccc(O)c(O)c1. The highest BCUT2D eigenvalue weighted by atomic mass is 16.5. The average Bonchev–Trinajstić information content (AvgIpc) is 2.55. The number of ether oxygens (including phenoxy) is 1. The standard InChI is InChI=1S/C18H29NO4/c1-2-3-4-5-6-7-11-23-12-10-19-14-18(22)15-8-9-16(20)17(21)13-15/h8-9,13,19-21H,2-7,10-12,14H2,1H3. The van der Waals surface area contributed by atoms with Gasteiger partial charge in [0.25, 0.3) is 0 Å². The minimum atomic E-state index is -0.280. The molecule has 1 aromatic rings. The maximum atomic E-state index is 11.9. The summed E-state index contributed by atoms with van der Waals surface area (Å²) in [5, 5.41) is 21.6. The van der Waals surface area contributed by atoms with E-state index in [1.165, 1.54) is 50.3 Å². The van der Waals surface area contributed by atoms with Gasteiger partial charge in [0, 0.05) is 18.7 Å². The Bertz CT molecular complexity index is 462. The number of nitrogens with one attached hydrogen (secondary N) is 1. The van der Waals surface area contributed by atoms with Gasteiger partial charge in [-0.05, 0) is 24.6 Å². The van der Waals surface area contributed by atoms with Gasteiger partial charge in [0.15, 0.2) is 17.3 Å². The third-order valence-corrected chi connectivity index (χ3v) is 3.65. The lowest BCUT2D eigenvalue weighted by molar-refractivity contribution is 0.0980. The van der Waals surface area contributed by atoms with Crippen LogP contribution in [0.1, 0.15) is 55.8 Å². The van der Waals surface area contributed by atoms with Crippen molar-refractivity contribution in [1.82, 2.24) is 5.32 Å². The molecule has 0 radical (unpaired) electrons.